The van der Waals surface area contributed by atoms with Crippen molar-refractivity contribution in [3.8, 4) is 22.8 Å². The van der Waals surface area contributed by atoms with E-state index in [1.807, 2.05) is 18.2 Å². The molecule has 0 aliphatic heterocycles. The Labute approximate surface area is 184 Å². The second-order valence-corrected chi connectivity index (χ2v) is 7.82. The topological polar surface area (TPSA) is 77.8 Å². The van der Waals surface area contributed by atoms with Crippen LogP contribution in [-0.2, 0) is 4.79 Å². The highest BCUT2D eigenvalue weighted by molar-refractivity contribution is 8.00. The molecular weight excluding hydrogens is 412 g/mol. The lowest BCUT2D eigenvalue weighted by Gasteiger charge is -2.11. The van der Waals surface area contributed by atoms with Gasteiger partial charge in [-0.3, -0.25) is 4.79 Å². The number of amides is 1. The summed E-state index contributed by atoms with van der Waals surface area (Å²) in [7, 11) is 3.13. The molecule has 2 aromatic heterocycles. The Bertz CT molecular complexity index is 1220. The molecule has 0 bridgehead atoms. The third-order valence-electron chi connectivity index (χ3n) is 4.72. The summed E-state index contributed by atoms with van der Waals surface area (Å²) in [5, 5.41) is 8.26. The molecular formula is C23H22N4O3S. The number of thioether (sulfide) groups is 1. The maximum atomic E-state index is 12.5. The van der Waals surface area contributed by atoms with Gasteiger partial charge in [-0.05, 0) is 25.1 Å². The van der Waals surface area contributed by atoms with Gasteiger partial charge >= 0.3 is 0 Å². The first kappa shape index (κ1) is 20.7. The highest BCUT2D eigenvalue weighted by Crippen LogP contribution is 2.30. The smallest absolute Gasteiger partial charge is 0.234 e. The number of nitrogens with one attached hydrogen (secondary N) is 1. The molecule has 158 valence electrons. The molecule has 0 saturated carbocycles. The third kappa shape index (κ3) is 4.64. The minimum atomic E-state index is -0.157. The second kappa shape index (κ2) is 9.09. The molecule has 1 amide bonds. The van der Waals surface area contributed by atoms with Crippen LogP contribution in [0.5, 0.6) is 11.5 Å². The van der Waals surface area contributed by atoms with Crippen LogP contribution in [-0.4, -0.2) is 40.5 Å². The number of nitrogens with zero attached hydrogens (tertiary/aromatic N) is 3. The van der Waals surface area contributed by atoms with Crippen molar-refractivity contribution in [3.63, 3.8) is 0 Å². The lowest BCUT2D eigenvalue weighted by Crippen LogP contribution is -2.15. The van der Waals surface area contributed by atoms with Gasteiger partial charge in [-0.2, -0.15) is 5.10 Å². The van der Waals surface area contributed by atoms with E-state index >= 15 is 0 Å². The van der Waals surface area contributed by atoms with Crippen molar-refractivity contribution in [2.45, 2.75) is 11.9 Å². The Morgan fingerprint density at radius 3 is 2.65 bits per heavy atom. The minimum absolute atomic E-state index is 0.157. The molecule has 1 N–H and O–H groups in total. The molecule has 4 aromatic rings. The van der Waals surface area contributed by atoms with E-state index in [1.165, 1.54) is 17.3 Å². The molecule has 4 rings (SSSR count). The number of hydrogen-bond acceptors (Lipinski definition) is 6. The van der Waals surface area contributed by atoms with E-state index in [0.29, 0.717) is 17.2 Å². The van der Waals surface area contributed by atoms with E-state index in [0.717, 1.165) is 21.8 Å². The van der Waals surface area contributed by atoms with Crippen LogP contribution in [0.4, 0.5) is 5.69 Å². The summed E-state index contributed by atoms with van der Waals surface area (Å²) in [5.74, 6) is 1.24. The van der Waals surface area contributed by atoms with Crippen LogP contribution in [0.2, 0.25) is 0 Å². The highest BCUT2D eigenvalue weighted by atomic mass is 32.2. The first-order valence-corrected chi connectivity index (χ1v) is 10.6. The van der Waals surface area contributed by atoms with Crippen molar-refractivity contribution < 1.29 is 14.3 Å². The van der Waals surface area contributed by atoms with Crippen molar-refractivity contribution in [2.24, 2.45) is 0 Å². The van der Waals surface area contributed by atoms with Gasteiger partial charge in [0.15, 0.2) is 0 Å². The van der Waals surface area contributed by atoms with Gasteiger partial charge in [-0.15, -0.1) is 0 Å². The first-order valence-electron chi connectivity index (χ1n) is 9.63. The maximum absolute atomic E-state index is 12.5. The average Bonchev–Trinajstić information content (AvgIpc) is 3.23. The van der Waals surface area contributed by atoms with E-state index in [1.54, 1.807) is 49.3 Å². The third-order valence-corrected chi connectivity index (χ3v) is 5.72. The largest absolute Gasteiger partial charge is 0.497 e. The van der Waals surface area contributed by atoms with Crippen LogP contribution in [0.15, 0.2) is 66.0 Å². The van der Waals surface area contributed by atoms with E-state index in [9.17, 15) is 4.79 Å². The molecule has 2 aromatic carbocycles. The normalized spacial score (nSPS) is 10.8. The molecule has 0 radical (unpaired) electrons. The van der Waals surface area contributed by atoms with E-state index in [2.05, 4.69) is 34.5 Å². The van der Waals surface area contributed by atoms with Crippen LogP contribution in [0.3, 0.4) is 0 Å². The highest BCUT2D eigenvalue weighted by Gasteiger charge is 2.13. The van der Waals surface area contributed by atoms with Crippen LogP contribution >= 0.6 is 11.8 Å². The number of rotatable bonds is 7. The monoisotopic (exact) mass is 434 g/mol. The van der Waals surface area contributed by atoms with Crippen LogP contribution in [0.25, 0.3) is 16.8 Å². The van der Waals surface area contributed by atoms with Crippen molar-refractivity contribution in [3.05, 3.63) is 66.5 Å². The van der Waals surface area contributed by atoms with E-state index in [-0.39, 0.29) is 11.7 Å². The predicted molar refractivity (Wildman–Crippen MR) is 122 cm³/mol. The zero-order chi connectivity index (χ0) is 21.8. The van der Waals surface area contributed by atoms with Gasteiger partial charge in [0.05, 0.1) is 36.9 Å². The molecule has 0 fully saturated rings. The molecule has 0 unspecified atom stereocenters. The SMILES string of the molecule is COc1ccc(NC(=O)CSc2nccn3nc(-c4ccc(C)cc4)cc23)c(OC)c1. The van der Waals surface area contributed by atoms with Crippen molar-refractivity contribution in [1.29, 1.82) is 0 Å². The molecule has 0 aliphatic rings. The molecule has 7 nitrogen and oxygen atoms in total. The number of aryl methyl sites for hydroxylation is 1. The van der Waals surface area contributed by atoms with E-state index in [4.69, 9.17) is 9.47 Å². The van der Waals surface area contributed by atoms with Gasteiger partial charge < -0.3 is 14.8 Å². The summed E-state index contributed by atoms with van der Waals surface area (Å²) in [4.78, 5) is 17.0. The van der Waals surface area contributed by atoms with Gasteiger partial charge in [-0.25, -0.2) is 9.50 Å². The summed E-state index contributed by atoms with van der Waals surface area (Å²) < 4.78 is 12.3. The number of carbonyl (C=O) groups is 1. The molecule has 0 aliphatic carbocycles. The van der Waals surface area contributed by atoms with Gasteiger partial charge in [0, 0.05) is 24.0 Å². The fourth-order valence-electron chi connectivity index (χ4n) is 3.10. The number of carbonyl (C=O) groups excluding carboxylic acids is 1. The number of ether oxygens (including phenoxy) is 2. The van der Waals surface area contributed by atoms with Crippen LogP contribution in [0.1, 0.15) is 5.56 Å². The number of anilines is 1. The summed E-state index contributed by atoms with van der Waals surface area (Å²) in [5.41, 5.74) is 4.55. The number of hydrogen-bond donors (Lipinski definition) is 1. The molecule has 8 heteroatoms. The molecule has 0 spiro atoms. The van der Waals surface area contributed by atoms with Crippen LogP contribution < -0.4 is 14.8 Å². The number of aromatic nitrogens is 3. The number of fused-ring (bicyclic) bond motifs is 1. The van der Waals surface area contributed by atoms with Gasteiger partial charge in [0.2, 0.25) is 5.91 Å². The number of methoxy groups -OCH3 is 2. The Kier molecular flexibility index (Phi) is 6.08. The average molecular weight is 435 g/mol. The van der Waals surface area contributed by atoms with Gasteiger partial charge in [0.1, 0.15) is 16.5 Å². The Morgan fingerprint density at radius 1 is 1.10 bits per heavy atom. The Hall–Kier alpha value is -3.52. The summed E-state index contributed by atoms with van der Waals surface area (Å²) in [6.45, 7) is 2.05. The van der Waals surface area contributed by atoms with Crippen molar-refractivity contribution in [1.82, 2.24) is 14.6 Å². The summed E-state index contributed by atoms with van der Waals surface area (Å²) in [6.07, 6.45) is 3.49. The number of benzene rings is 2. The minimum Gasteiger partial charge on any atom is -0.497 e. The Morgan fingerprint density at radius 2 is 1.90 bits per heavy atom. The molecule has 0 saturated heterocycles. The summed E-state index contributed by atoms with van der Waals surface area (Å²) >= 11 is 1.36. The van der Waals surface area contributed by atoms with Gasteiger partial charge in [-0.1, -0.05) is 41.6 Å². The Balaban J connectivity index is 1.49. The quantitative estimate of drug-likeness (QED) is 0.433. The standard InChI is InChI=1S/C23H22N4O3S/c1-15-4-6-16(7-5-15)19-13-20-23(24-10-11-27(20)26-19)31-14-22(28)25-18-9-8-17(29-2)12-21(18)30-3/h4-13H,14H2,1-3H3,(H,25,28). The maximum Gasteiger partial charge on any atom is 0.234 e. The molecule has 31 heavy (non-hydrogen) atoms. The van der Waals surface area contributed by atoms with E-state index < -0.39 is 0 Å². The van der Waals surface area contributed by atoms with Crippen molar-refractivity contribution >= 4 is 28.9 Å². The fourth-order valence-corrected chi connectivity index (χ4v) is 3.87. The summed E-state index contributed by atoms with van der Waals surface area (Å²) in [6, 6.07) is 15.5. The van der Waals surface area contributed by atoms with Gasteiger partial charge in [0.25, 0.3) is 0 Å². The second-order valence-electron chi connectivity index (χ2n) is 6.86. The van der Waals surface area contributed by atoms with Crippen molar-refractivity contribution in [2.75, 3.05) is 25.3 Å². The predicted octanol–water partition coefficient (Wildman–Crippen LogP) is 4.45. The van der Waals surface area contributed by atoms with Crippen LogP contribution in [0, 0.1) is 6.92 Å². The fraction of sp³-hybridized carbons (Fsp3) is 0.174. The molecule has 0 atom stereocenters. The zero-order valence-electron chi connectivity index (χ0n) is 17.5. The first-order chi connectivity index (χ1) is 15.1. The lowest BCUT2D eigenvalue weighted by molar-refractivity contribution is -0.113. The lowest BCUT2D eigenvalue weighted by atomic mass is 10.1. The molecule has 2 heterocycles. The zero-order valence-corrected chi connectivity index (χ0v) is 18.3.